The number of allylic oxidation sites excluding steroid dienone is 2. The Morgan fingerprint density at radius 3 is 2.30 bits per heavy atom. The fourth-order valence-corrected chi connectivity index (χ4v) is 6.04. The van der Waals surface area contributed by atoms with E-state index in [0.717, 1.165) is 36.3 Å². The first-order chi connectivity index (χ1) is 10.8. The van der Waals surface area contributed by atoms with Gasteiger partial charge in [0.25, 0.3) is 0 Å². The van der Waals surface area contributed by atoms with E-state index >= 15 is 0 Å². The van der Waals surface area contributed by atoms with Crippen molar-refractivity contribution in [3.63, 3.8) is 0 Å². The Kier molecular flexibility index (Phi) is 3.14. The predicted molar refractivity (Wildman–Crippen MR) is 92.7 cm³/mol. The van der Waals surface area contributed by atoms with E-state index in [1.54, 1.807) is 17.7 Å². The van der Waals surface area contributed by atoms with Gasteiger partial charge < -0.3 is 10.2 Å². The van der Waals surface area contributed by atoms with Gasteiger partial charge in [-0.3, -0.25) is 0 Å². The van der Waals surface area contributed by atoms with Crippen LogP contribution in [-0.4, -0.2) is 10.2 Å². The van der Waals surface area contributed by atoms with E-state index in [4.69, 9.17) is 0 Å². The molecule has 0 amide bonds. The van der Waals surface area contributed by atoms with E-state index in [0.29, 0.717) is 16.9 Å². The summed E-state index contributed by atoms with van der Waals surface area (Å²) < 4.78 is 0. The first kappa shape index (κ1) is 15.1. The molecule has 23 heavy (non-hydrogen) atoms. The molecule has 3 aliphatic carbocycles. The zero-order chi connectivity index (χ0) is 16.4. The van der Waals surface area contributed by atoms with Gasteiger partial charge in [0.1, 0.15) is 11.5 Å². The Hall–Kier alpha value is -1.44. The van der Waals surface area contributed by atoms with Crippen molar-refractivity contribution < 1.29 is 10.2 Å². The van der Waals surface area contributed by atoms with Crippen molar-refractivity contribution in [3.8, 4) is 11.5 Å². The van der Waals surface area contributed by atoms with Crippen molar-refractivity contribution in [2.45, 2.75) is 65.7 Å². The average molecular weight is 312 g/mol. The lowest BCUT2D eigenvalue weighted by molar-refractivity contribution is 0.0103. The fourth-order valence-electron chi connectivity index (χ4n) is 6.04. The van der Waals surface area contributed by atoms with Crippen LogP contribution in [0.5, 0.6) is 11.5 Å². The van der Waals surface area contributed by atoms with Gasteiger partial charge in [-0.25, -0.2) is 0 Å². The molecule has 0 aromatic heterocycles. The third kappa shape index (κ3) is 2.07. The second-order valence-corrected chi connectivity index (χ2v) is 8.85. The maximum absolute atomic E-state index is 10.3. The summed E-state index contributed by atoms with van der Waals surface area (Å²) in [5.74, 6) is 1.44. The van der Waals surface area contributed by atoms with Crippen molar-refractivity contribution in [1.82, 2.24) is 0 Å². The number of aromatic hydroxyl groups is 2. The maximum Gasteiger partial charge on any atom is 0.119 e. The Morgan fingerprint density at radius 2 is 1.61 bits per heavy atom. The van der Waals surface area contributed by atoms with Gasteiger partial charge in [0.2, 0.25) is 0 Å². The minimum Gasteiger partial charge on any atom is -0.508 e. The molecule has 2 N–H and O–H groups in total. The van der Waals surface area contributed by atoms with Crippen molar-refractivity contribution in [1.29, 1.82) is 0 Å². The SMILES string of the molecule is CC1(C)CCC[C@]2(C)C3=C(CC[C@@H]12)Cc1c(O)ccc(O)c1C3. The van der Waals surface area contributed by atoms with Crippen LogP contribution in [0.2, 0.25) is 0 Å². The molecule has 2 atom stereocenters. The lowest BCUT2D eigenvalue weighted by Gasteiger charge is -2.56. The van der Waals surface area contributed by atoms with Gasteiger partial charge in [-0.15, -0.1) is 0 Å². The van der Waals surface area contributed by atoms with Crippen molar-refractivity contribution >= 4 is 0 Å². The summed E-state index contributed by atoms with van der Waals surface area (Å²) in [6.07, 6.45) is 8.00. The zero-order valence-corrected chi connectivity index (χ0v) is 14.6. The number of rotatable bonds is 0. The normalized spacial score (nSPS) is 32.0. The van der Waals surface area contributed by atoms with Gasteiger partial charge in [0.15, 0.2) is 0 Å². The summed E-state index contributed by atoms with van der Waals surface area (Å²) in [4.78, 5) is 0. The molecule has 0 heterocycles. The molecule has 0 spiro atoms. The number of hydrogen-bond acceptors (Lipinski definition) is 2. The Morgan fingerprint density at radius 1 is 0.957 bits per heavy atom. The van der Waals surface area contributed by atoms with Crippen LogP contribution < -0.4 is 0 Å². The number of fused-ring (bicyclic) bond motifs is 3. The molecule has 1 fully saturated rings. The van der Waals surface area contributed by atoms with Gasteiger partial charge in [-0.2, -0.15) is 0 Å². The highest BCUT2D eigenvalue weighted by atomic mass is 16.3. The molecular formula is C21H28O2. The van der Waals surface area contributed by atoms with Crippen LogP contribution in [-0.2, 0) is 12.8 Å². The second kappa shape index (κ2) is 4.78. The van der Waals surface area contributed by atoms with E-state index in [1.807, 2.05) is 0 Å². The minimum atomic E-state index is 0.269. The quantitative estimate of drug-likeness (QED) is 0.515. The zero-order valence-electron chi connectivity index (χ0n) is 14.6. The highest BCUT2D eigenvalue weighted by Crippen LogP contribution is 2.61. The van der Waals surface area contributed by atoms with Crippen LogP contribution in [0.1, 0.15) is 64.0 Å². The van der Waals surface area contributed by atoms with Crippen molar-refractivity contribution in [2.24, 2.45) is 16.7 Å². The fraction of sp³-hybridized carbons (Fsp3) is 0.619. The first-order valence-corrected chi connectivity index (χ1v) is 9.07. The van der Waals surface area contributed by atoms with Gasteiger partial charge >= 0.3 is 0 Å². The van der Waals surface area contributed by atoms with E-state index in [2.05, 4.69) is 20.8 Å². The van der Waals surface area contributed by atoms with Gasteiger partial charge in [-0.1, -0.05) is 38.3 Å². The number of phenolic OH excluding ortho intramolecular Hbond substituents is 2. The standard InChI is InChI=1S/C21H28O2/c1-20(2)9-4-10-21(3)16-12-15-14(17(22)6-7-18(15)23)11-13(16)5-8-19(20)21/h6-7,19,22-23H,4-5,8-12H2,1-3H3/t19-,21+/m0/s1. The largest absolute Gasteiger partial charge is 0.508 e. The smallest absolute Gasteiger partial charge is 0.119 e. The van der Waals surface area contributed by atoms with Crippen molar-refractivity contribution in [2.75, 3.05) is 0 Å². The van der Waals surface area contributed by atoms with Crippen LogP contribution in [0.15, 0.2) is 23.3 Å². The lowest BCUT2D eigenvalue weighted by Crippen LogP contribution is -2.46. The van der Waals surface area contributed by atoms with E-state index in [9.17, 15) is 10.2 Å². The third-order valence-electron chi connectivity index (χ3n) is 7.21. The van der Waals surface area contributed by atoms with E-state index < -0.39 is 0 Å². The topological polar surface area (TPSA) is 40.5 Å². The summed E-state index contributed by atoms with van der Waals surface area (Å²) in [6, 6.07) is 3.28. The summed E-state index contributed by atoms with van der Waals surface area (Å²) in [6.45, 7) is 7.36. The highest BCUT2D eigenvalue weighted by molar-refractivity contribution is 5.55. The Balaban J connectivity index is 1.81. The van der Waals surface area contributed by atoms with Gasteiger partial charge in [-0.05, 0) is 67.4 Å². The molecule has 124 valence electrons. The lowest BCUT2D eigenvalue weighted by atomic mass is 9.49. The molecule has 0 radical (unpaired) electrons. The molecule has 0 unspecified atom stereocenters. The Labute approximate surface area is 139 Å². The second-order valence-electron chi connectivity index (χ2n) is 8.85. The van der Waals surface area contributed by atoms with Crippen LogP contribution in [0, 0.1) is 16.7 Å². The molecule has 4 rings (SSSR count). The molecule has 1 aromatic rings. The molecule has 2 nitrogen and oxygen atoms in total. The summed E-state index contributed by atoms with van der Waals surface area (Å²) in [5, 5.41) is 20.5. The summed E-state index contributed by atoms with van der Waals surface area (Å²) >= 11 is 0. The molecule has 0 aliphatic heterocycles. The molecular weight excluding hydrogens is 284 g/mol. The predicted octanol–water partition coefficient (Wildman–Crippen LogP) is 5.12. The van der Waals surface area contributed by atoms with E-state index in [1.165, 1.54) is 31.3 Å². The monoisotopic (exact) mass is 312 g/mol. The van der Waals surface area contributed by atoms with Crippen LogP contribution in [0.4, 0.5) is 0 Å². The van der Waals surface area contributed by atoms with Crippen LogP contribution in [0.25, 0.3) is 0 Å². The Bertz CT molecular complexity index is 698. The van der Waals surface area contributed by atoms with Crippen LogP contribution >= 0.6 is 0 Å². The maximum atomic E-state index is 10.3. The summed E-state index contributed by atoms with van der Waals surface area (Å²) in [7, 11) is 0. The first-order valence-electron chi connectivity index (χ1n) is 9.07. The number of phenols is 2. The molecule has 2 heteroatoms. The number of hydrogen-bond donors (Lipinski definition) is 2. The van der Waals surface area contributed by atoms with Gasteiger partial charge in [0, 0.05) is 11.1 Å². The number of benzene rings is 1. The molecule has 0 saturated heterocycles. The van der Waals surface area contributed by atoms with E-state index in [-0.39, 0.29) is 5.41 Å². The molecule has 3 aliphatic rings. The summed E-state index contributed by atoms with van der Waals surface area (Å²) in [5.41, 5.74) is 5.72. The van der Waals surface area contributed by atoms with Crippen LogP contribution in [0.3, 0.4) is 0 Å². The highest BCUT2D eigenvalue weighted by Gasteiger charge is 2.51. The molecule has 0 bridgehead atoms. The molecule has 1 aromatic carbocycles. The average Bonchev–Trinajstić information content (AvgIpc) is 2.49. The van der Waals surface area contributed by atoms with Gasteiger partial charge in [0.05, 0.1) is 0 Å². The molecule has 1 saturated carbocycles. The minimum absolute atomic E-state index is 0.269. The van der Waals surface area contributed by atoms with Crippen molar-refractivity contribution in [3.05, 3.63) is 34.4 Å². The third-order valence-corrected chi connectivity index (χ3v) is 7.21.